The van der Waals surface area contributed by atoms with Crippen molar-refractivity contribution in [3.63, 3.8) is 0 Å². The molecule has 0 aromatic carbocycles. The van der Waals surface area contributed by atoms with E-state index < -0.39 is 11.3 Å². The Morgan fingerprint density at radius 2 is 2.06 bits per heavy atom. The molecule has 1 N–H and O–H groups in total. The Kier molecular flexibility index (Phi) is 7.13. The maximum atomic E-state index is 12.4. The molecule has 2 amide bonds. The third kappa shape index (κ3) is 6.26. The fourth-order valence-electron chi connectivity index (χ4n) is 3.61. The van der Waals surface area contributed by atoms with Crippen molar-refractivity contribution in [2.45, 2.75) is 69.9 Å². The first-order valence-electron chi connectivity index (χ1n) is 10.7. The van der Waals surface area contributed by atoms with Crippen molar-refractivity contribution in [1.29, 1.82) is 0 Å². The van der Waals surface area contributed by atoms with E-state index in [1.165, 1.54) is 4.68 Å². The Balaban J connectivity index is 1.49. The number of methoxy groups -OCH3 is 1. The maximum Gasteiger partial charge on any atom is 0.410 e. The molecule has 3 heterocycles. The van der Waals surface area contributed by atoms with Crippen LogP contribution < -0.4 is 5.32 Å². The predicted molar refractivity (Wildman–Crippen MR) is 115 cm³/mol. The molecule has 0 unspecified atom stereocenters. The highest BCUT2D eigenvalue weighted by Crippen LogP contribution is 2.36. The molecule has 2 atom stereocenters. The summed E-state index contributed by atoms with van der Waals surface area (Å²) in [5, 5.41) is 19.2. The lowest BCUT2D eigenvalue weighted by Crippen LogP contribution is -2.36. The molecule has 174 valence electrons. The fraction of sp³-hybridized carbons (Fsp3) is 0.714. The lowest BCUT2D eigenvalue weighted by Gasteiger charge is -2.24. The van der Waals surface area contributed by atoms with Gasteiger partial charge in [0.1, 0.15) is 12.1 Å². The fourth-order valence-corrected chi connectivity index (χ4v) is 3.61. The Morgan fingerprint density at radius 1 is 1.31 bits per heavy atom. The van der Waals surface area contributed by atoms with E-state index >= 15 is 0 Å². The van der Waals surface area contributed by atoms with Crippen LogP contribution in [0, 0.1) is 12.3 Å². The van der Waals surface area contributed by atoms with Crippen LogP contribution in [0.1, 0.15) is 51.6 Å². The molecule has 0 aliphatic carbocycles. The first kappa shape index (κ1) is 23.7. The van der Waals surface area contributed by atoms with Gasteiger partial charge in [0.15, 0.2) is 5.66 Å². The van der Waals surface area contributed by atoms with Crippen LogP contribution in [0.3, 0.4) is 0 Å². The summed E-state index contributed by atoms with van der Waals surface area (Å²) in [4.78, 5) is 26.3. The number of nitrogens with zero attached hydrogens (tertiary/aromatic N) is 6. The van der Waals surface area contributed by atoms with Crippen LogP contribution >= 0.6 is 0 Å². The van der Waals surface area contributed by atoms with Crippen LogP contribution in [-0.2, 0) is 20.8 Å². The van der Waals surface area contributed by atoms with Crippen molar-refractivity contribution in [2.24, 2.45) is 10.2 Å². The highest BCUT2D eigenvalue weighted by Gasteiger charge is 2.40. The van der Waals surface area contributed by atoms with Gasteiger partial charge in [-0.25, -0.2) is 9.48 Å². The van der Waals surface area contributed by atoms with Crippen molar-refractivity contribution in [3.05, 3.63) is 11.9 Å². The zero-order valence-corrected chi connectivity index (χ0v) is 19.1. The van der Waals surface area contributed by atoms with E-state index in [-0.39, 0.29) is 30.6 Å². The van der Waals surface area contributed by atoms with E-state index in [9.17, 15) is 9.59 Å². The van der Waals surface area contributed by atoms with Crippen molar-refractivity contribution < 1.29 is 19.1 Å². The molecule has 0 radical (unpaired) electrons. The van der Waals surface area contributed by atoms with Crippen LogP contribution in [0.25, 0.3) is 0 Å². The molecular weight excluding hydrogens is 414 g/mol. The zero-order valence-electron chi connectivity index (χ0n) is 19.1. The number of rotatable bonds is 9. The van der Waals surface area contributed by atoms with Gasteiger partial charge in [0.25, 0.3) is 0 Å². The third-order valence-electron chi connectivity index (χ3n) is 5.36. The highest BCUT2D eigenvalue weighted by atomic mass is 16.6. The smallest absolute Gasteiger partial charge is 0.410 e. The number of nitrogens with one attached hydrogen (secondary N) is 1. The Bertz CT molecular complexity index is 893. The van der Waals surface area contributed by atoms with Gasteiger partial charge in [-0.3, -0.25) is 4.79 Å². The summed E-state index contributed by atoms with van der Waals surface area (Å²) in [6.07, 6.45) is 8.32. The molecule has 1 aromatic heterocycles. The first-order valence-corrected chi connectivity index (χ1v) is 10.7. The number of terminal acetylenes is 1. The van der Waals surface area contributed by atoms with Crippen LogP contribution in [0.15, 0.2) is 16.4 Å². The minimum Gasteiger partial charge on any atom is -0.444 e. The van der Waals surface area contributed by atoms with Crippen molar-refractivity contribution >= 4 is 12.0 Å². The Hall–Kier alpha value is -3.00. The lowest BCUT2D eigenvalue weighted by atomic mass is 10.0. The molecule has 0 bridgehead atoms. The van der Waals surface area contributed by atoms with Crippen molar-refractivity contribution in [1.82, 2.24) is 25.2 Å². The normalized spacial score (nSPS) is 21.3. The first-order chi connectivity index (χ1) is 15.1. The number of hydrogen-bond acceptors (Lipinski definition) is 8. The van der Waals surface area contributed by atoms with E-state index in [1.807, 2.05) is 20.8 Å². The molecule has 1 fully saturated rings. The number of amides is 2. The summed E-state index contributed by atoms with van der Waals surface area (Å²) in [6, 6.07) is 0. The number of carbonyl (C=O) groups is 2. The number of ether oxygens (including phenoxy) is 2. The van der Waals surface area contributed by atoms with E-state index in [0.717, 1.165) is 0 Å². The Morgan fingerprint density at radius 3 is 2.69 bits per heavy atom. The molecule has 11 heteroatoms. The summed E-state index contributed by atoms with van der Waals surface area (Å²) in [5.74, 6) is 2.25. The van der Waals surface area contributed by atoms with Crippen molar-refractivity contribution in [2.75, 3.05) is 26.7 Å². The minimum absolute atomic E-state index is 0.0405. The SMILES string of the molecule is C#CCCC1(CCNC(=O)Cn2cc([C@@H]3CN(C(=O)OC(C)(C)C)C[C@H]3OC)nn2)N=N1. The monoisotopic (exact) mass is 445 g/mol. The lowest BCUT2D eigenvalue weighted by molar-refractivity contribution is -0.121. The largest absolute Gasteiger partial charge is 0.444 e. The van der Waals surface area contributed by atoms with Gasteiger partial charge < -0.3 is 19.7 Å². The van der Waals surface area contributed by atoms with Crippen LogP contribution in [0.2, 0.25) is 0 Å². The molecule has 2 aliphatic rings. The quantitative estimate of drug-likeness (QED) is 0.577. The van der Waals surface area contributed by atoms with Gasteiger partial charge in [0.2, 0.25) is 5.91 Å². The van der Waals surface area contributed by atoms with E-state index in [2.05, 4.69) is 31.8 Å². The summed E-state index contributed by atoms with van der Waals surface area (Å²) in [5.41, 5.74) is -0.325. The minimum atomic E-state index is -0.573. The number of likely N-dealkylation sites (tertiary alicyclic amines) is 1. The molecule has 0 spiro atoms. The van der Waals surface area contributed by atoms with Gasteiger partial charge in [-0.15, -0.1) is 17.4 Å². The van der Waals surface area contributed by atoms with Gasteiger partial charge in [-0.05, 0) is 20.8 Å². The van der Waals surface area contributed by atoms with Gasteiger partial charge in [-0.1, -0.05) is 5.21 Å². The second kappa shape index (κ2) is 9.65. The molecule has 2 aliphatic heterocycles. The highest BCUT2D eigenvalue weighted by molar-refractivity contribution is 5.75. The van der Waals surface area contributed by atoms with E-state index in [4.69, 9.17) is 15.9 Å². The molecule has 32 heavy (non-hydrogen) atoms. The standard InChI is InChI=1S/C21H31N7O4/c1-6-7-8-21(24-25-21)9-10-22-18(29)14-28-12-16(23-26-28)15-11-27(13-17(15)31-5)19(30)32-20(2,3)4/h1,12,15,17H,7-11,13-14H2,2-5H3,(H,22,29)/t15-,17+/m0/s1. The molecule has 3 rings (SSSR count). The average molecular weight is 446 g/mol. The molecule has 1 saturated heterocycles. The second-order valence-corrected chi connectivity index (χ2v) is 9.09. The number of aromatic nitrogens is 3. The topological polar surface area (TPSA) is 123 Å². The molecule has 11 nitrogen and oxygen atoms in total. The second-order valence-electron chi connectivity index (χ2n) is 9.09. The molecular formula is C21H31N7O4. The summed E-state index contributed by atoms with van der Waals surface area (Å²) >= 11 is 0. The average Bonchev–Trinajstić information content (AvgIpc) is 3.12. The van der Waals surface area contributed by atoms with Gasteiger partial charge in [-0.2, -0.15) is 10.2 Å². The van der Waals surface area contributed by atoms with E-state index in [0.29, 0.717) is 44.6 Å². The molecule has 0 saturated carbocycles. The third-order valence-corrected chi connectivity index (χ3v) is 5.36. The summed E-state index contributed by atoms with van der Waals surface area (Å²) in [6.45, 7) is 6.79. The number of carbonyl (C=O) groups excluding carboxylic acids is 2. The van der Waals surface area contributed by atoms with Crippen LogP contribution in [-0.4, -0.2) is 76.0 Å². The maximum absolute atomic E-state index is 12.4. The van der Waals surface area contributed by atoms with Crippen LogP contribution in [0.5, 0.6) is 0 Å². The Labute approximate surface area is 187 Å². The van der Waals surface area contributed by atoms with Crippen molar-refractivity contribution in [3.8, 4) is 12.3 Å². The van der Waals surface area contributed by atoms with Gasteiger partial charge >= 0.3 is 6.09 Å². The summed E-state index contributed by atoms with van der Waals surface area (Å²) in [7, 11) is 1.60. The van der Waals surface area contributed by atoms with Gasteiger partial charge in [0, 0.05) is 45.7 Å². The predicted octanol–water partition coefficient (Wildman–Crippen LogP) is 1.71. The van der Waals surface area contributed by atoms with Crippen LogP contribution in [0.4, 0.5) is 4.79 Å². The number of hydrogen-bond donors (Lipinski definition) is 1. The molecule has 1 aromatic rings. The summed E-state index contributed by atoms with van der Waals surface area (Å²) < 4.78 is 12.5. The zero-order chi connectivity index (χ0) is 23.4. The van der Waals surface area contributed by atoms with Gasteiger partial charge in [0.05, 0.1) is 24.3 Å². The van der Waals surface area contributed by atoms with E-state index in [1.54, 1.807) is 18.2 Å².